The van der Waals surface area contributed by atoms with Crippen LogP contribution in [0.1, 0.15) is 48.5 Å². The number of hydrogen-bond donors (Lipinski definition) is 1. The Labute approximate surface area is 177 Å². The van der Waals surface area contributed by atoms with Crippen LogP contribution in [0, 0.1) is 5.92 Å². The molecule has 1 aliphatic carbocycles. The van der Waals surface area contributed by atoms with Gasteiger partial charge >= 0.3 is 0 Å². The van der Waals surface area contributed by atoms with Crippen molar-refractivity contribution in [2.75, 3.05) is 13.1 Å². The molecule has 1 aromatic carbocycles. The van der Waals surface area contributed by atoms with Crippen LogP contribution in [-0.4, -0.2) is 46.9 Å². The number of carbonyl (C=O) groups is 2. The number of nitrogens with one attached hydrogen (secondary N) is 1. The van der Waals surface area contributed by atoms with Crippen LogP contribution in [0.5, 0.6) is 5.75 Å². The number of aromatic nitrogens is 1. The fourth-order valence-corrected chi connectivity index (χ4v) is 3.92. The largest absolute Gasteiger partial charge is 0.490 e. The minimum absolute atomic E-state index is 0.000364. The molecule has 0 radical (unpaired) electrons. The maximum atomic E-state index is 12.7. The molecule has 1 N–H and O–H groups in total. The van der Waals surface area contributed by atoms with E-state index in [1.807, 2.05) is 42.3 Å². The summed E-state index contributed by atoms with van der Waals surface area (Å²) in [6.45, 7) is 3.50. The summed E-state index contributed by atoms with van der Waals surface area (Å²) in [4.78, 5) is 30.9. The van der Waals surface area contributed by atoms with Gasteiger partial charge in [0.05, 0.1) is 0 Å². The summed E-state index contributed by atoms with van der Waals surface area (Å²) in [5.74, 6) is 1.18. The maximum absolute atomic E-state index is 12.7. The molecule has 2 fully saturated rings. The van der Waals surface area contributed by atoms with Gasteiger partial charge in [-0.15, -0.1) is 0 Å². The highest BCUT2D eigenvalue weighted by Crippen LogP contribution is 2.32. The molecular weight excluding hydrogens is 378 g/mol. The second-order valence-electron chi connectivity index (χ2n) is 8.38. The predicted molar refractivity (Wildman–Crippen MR) is 114 cm³/mol. The maximum Gasteiger partial charge on any atom is 0.251 e. The molecule has 1 saturated heterocycles. The standard InChI is InChI=1S/C24H29N3O3/c1-17(14-18-4-3-11-25-16-18)26-23(28)20-5-2-6-22(15-20)30-21-9-12-27(13-10-21)24(29)19-7-8-19/h2-6,11,15-17,19,21H,7-10,12-14H2,1H3,(H,26,28)/t17-/m1/s1. The molecule has 2 aliphatic rings. The predicted octanol–water partition coefficient (Wildman–Crippen LogP) is 3.22. The van der Waals surface area contributed by atoms with Gasteiger partial charge in [-0.05, 0) is 56.0 Å². The van der Waals surface area contributed by atoms with Crippen molar-refractivity contribution in [3.63, 3.8) is 0 Å². The average Bonchev–Trinajstić information content (AvgIpc) is 3.60. The Bertz CT molecular complexity index is 874. The third kappa shape index (κ3) is 5.38. The van der Waals surface area contributed by atoms with Gasteiger partial charge in [0, 0.05) is 55.8 Å². The molecule has 1 atom stereocenters. The van der Waals surface area contributed by atoms with Gasteiger partial charge in [-0.2, -0.15) is 0 Å². The van der Waals surface area contributed by atoms with Crippen molar-refractivity contribution in [3.8, 4) is 5.75 Å². The quantitative estimate of drug-likeness (QED) is 0.765. The van der Waals surface area contributed by atoms with Crippen LogP contribution in [-0.2, 0) is 11.2 Å². The van der Waals surface area contributed by atoms with Crippen LogP contribution in [0.3, 0.4) is 0 Å². The summed E-state index contributed by atoms with van der Waals surface area (Å²) < 4.78 is 6.12. The number of carbonyl (C=O) groups excluding carboxylic acids is 2. The number of ether oxygens (including phenoxy) is 1. The van der Waals surface area contributed by atoms with Gasteiger partial charge < -0.3 is 15.0 Å². The molecule has 1 aromatic heterocycles. The number of likely N-dealkylation sites (tertiary alicyclic amines) is 1. The molecule has 0 spiro atoms. The summed E-state index contributed by atoms with van der Waals surface area (Å²) >= 11 is 0. The molecule has 2 heterocycles. The van der Waals surface area contributed by atoms with E-state index in [1.54, 1.807) is 18.3 Å². The number of piperidine rings is 1. The lowest BCUT2D eigenvalue weighted by molar-refractivity contribution is -0.134. The fraction of sp³-hybridized carbons (Fsp3) is 0.458. The molecule has 2 amide bonds. The van der Waals surface area contributed by atoms with Gasteiger partial charge in [0.15, 0.2) is 0 Å². The third-order valence-electron chi connectivity index (χ3n) is 5.72. The molecular formula is C24H29N3O3. The summed E-state index contributed by atoms with van der Waals surface area (Å²) in [5.41, 5.74) is 1.68. The summed E-state index contributed by atoms with van der Waals surface area (Å²) in [5, 5.41) is 3.04. The third-order valence-corrected chi connectivity index (χ3v) is 5.72. The lowest BCUT2D eigenvalue weighted by atomic mass is 10.1. The zero-order valence-corrected chi connectivity index (χ0v) is 17.4. The normalized spacial score (nSPS) is 18.0. The van der Waals surface area contributed by atoms with Gasteiger partial charge in [-0.1, -0.05) is 12.1 Å². The summed E-state index contributed by atoms with van der Waals surface area (Å²) in [6.07, 6.45) is 8.13. The second-order valence-corrected chi connectivity index (χ2v) is 8.38. The van der Waals surface area contributed by atoms with Crippen LogP contribution in [0.25, 0.3) is 0 Å². The highest BCUT2D eigenvalue weighted by Gasteiger charge is 2.35. The molecule has 0 bridgehead atoms. The Hall–Kier alpha value is -2.89. The molecule has 0 unspecified atom stereocenters. The van der Waals surface area contributed by atoms with Crippen molar-refractivity contribution >= 4 is 11.8 Å². The van der Waals surface area contributed by atoms with Crippen molar-refractivity contribution in [2.45, 2.75) is 51.2 Å². The Morgan fingerprint density at radius 3 is 2.67 bits per heavy atom. The van der Waals surface area contributed by atoms with E-state index in [2.05, 4.69) is 10.3 Å². The first kappa shape index (κ1) is 20.4. The van der Waals surface area contributed by atoms with E-state index in [4.69, 9.17) is 4.74 Å². The van der Waals surface area contributed by atoms with Crippen molar-refractivity contribution < 1.29 is 14.3 Å². The molecule has 2 aromatic rings. The van der Waals surface area contributed by atoms with Crippen molar-refractivity contribution in [3.05, 3.63) is 59.9 Å². The van der Waals surface area contributed by atoms with E-state index in [1.165, 1.54) is 0 Å². The van der Waals surface area contributed by atoms with E-state index in [0.29, 0.717) is 17.2 Å². The molecule has 6 nitrogen and oxygen atoms in total. The number of nitrogens with zero attached hydrogens (tertiary/aromatic N) is 2. The number of hydrogen-bond acceptors (Lipinski definition) is 4. The van der Waals surface area contributed by atoms with Gasteiger partial charge in [0.1, 0.15) is 11.9 Å². The van der Waals surface area contributed by atoms with Gasteiger partial charge in [-0.25, -0.2) is 0 Å². The topological polar surface area (TPSA) is 71.5 Å². The first-order valence-corrected chi connectivity index (χ1v) is 10.8. The van der Waals surface area contributed by atoms with E-state index < -0.39 is 0 Å². The van der Waals surface area contributed by atoms with E-state index in [-0.39, 0.29) is 24.0 Å². The molecule has 158 valence electrons. The summed E-state index contributed by atoms with van der Waals surface area (Å²) in [7, 11) is 0. The lowest BCUT2D eigenvalue weighted by Crippen LogP contribution is -2.42. The molecule has 1 saturated carbocycles. The van der Waals surface area contributed by atoms with Gasteiger partial charge in [0.2, 0.25) is 5.91 Å². The molecule has 1 aliphatic heterocycles. The Balaban J connectivity index is 1.28. The first-order chi connectivity index (χ1) is 14.6. The van der Waals surface area contributed by atoms with Crippen molar-refractivity contribution in [2.24, 2.45) is 5.92 Å². The number of benzene rings is 1. The smallest absolute Gasteiger partial charge is 0.251 e. The molecule has 30 heavy (non-hydrogen) atoms. The van der Waals surface area contributed by atoms with Crippen LogP contribution < -0.4 is 10.1 Å². The minimum atomic E-state index is -0.110. The highest BCUT2D eigenvalue weighted by molar-refractivity contribution is 5.94. The van der Waals surface area contributed by atoms with Gasteiger partial charge in [-0.3, -0.25) is 14.6 Å². The van der Waals surface area contributed by atoms with E-state index in [0.717, 1.165) is 50.8 Å². The Morgan fingerprint density at radius 2 is 1.97 bits per heavy atom. The molecule has 4 rings (SSSR count). The highest BCUT2D eigenvalue weighted by atomic mass is 16.5. The second kappa shape index (κ2) is 9.28. The number of amides is 2. The first-order valence-electron chi connectivity index (χ1n) is 10.8. The molecule has 6 heteroatoms. The summed E-state index contributed by atoms with van der Waals surface area (Å²) in [6, 6.07) is 11.2. The zero-order chi connectivity index (χ0) is 20.9. The van der Waals surface area contributed by atoms with Crippen LogP contribution >= 0.6 is 0 Å². The minimum Gasteiger partial charge on any atom is -0.490 e. The van der Waals surface area contributed by atoms with Crippen molar-refractivity contribution in [1.29, 1.82) is 0 Å². The SMILES string of the molecule is C[C@H](Cc1cccnc1)NC(=O)c1cccc(OC2CCN(C(=O)C3CC3)CC2)c1. The van der Waals surface area contributed by atoms with E-state index in [9.17, 15) is 9.59 Å². The number of pyridine rings is 1. The fourth-order valence-electron chi connectivity index (χ4n) is 3.92. The lowest BCUT2D eigenvalue weighted by Gasteiger charge is -2.32. The Kier molecular flexibility index (Phi) is 6.31. The van der Waals surface area contributed by atoms with Crippen LogP contribution in [0.4, 0.5) is 0 Å². The van der Waals surface area contributed by atoms with Crippen LogP contribution in [0.2, 0.25) is 0 Å². The van der Waals surface area contributed by atoms with Crippen LogP contribution in [0.15, 0.2) is 48.8 Å². The van der Waals surface area contributed by atoms with Crippen molar-refractivity contribution in [1.82, 2.24) is 15.2 Å². The average molecular weight is 408 g/mol. The monoisotopic (exact) mass is 407 g/mol. The van der Waals surface area contributed by atoms with E-state index >= 15 is 0 Å². The zero-order valence-electron chi connectivity index (χ0n) is 17.4. The van der Waals surface area contributed by atoms with Gasteiger partial charge in [0.25, 0.3) is 5.91 Å². The number of rotatable bonds is 7. The Morgan fingerprint density at radius 1 is 1.17 bits per heavy atom.